The van der Waals surface area contributed by atoms with E-state index in [1.54, 1.807) is 0 Å². The van der Waals surface area contributed by atoms with Gasteiger partial charge in [-0.3, -0.25) is 27.3 Å². The van der Waals surface area contributed by atoms with Gasteiger partial charge in [-0.25, -0.2) is 0 Å². The molecule has 0 saturated heterocycles. The normalized spacial score (nSPS) is 9.16. The fraction of sp³-hybridized carbons (Fsp3) is 0. The summed E-state index contributed by atoms with van der Waals surface area (Å²) in [5, 5.41) is 0. The van der Waals surface area contributed by atoms with E-state index in [0.717, 1.165) is 0 Å². The molecule has 19 heteroatoms. The van der Waals surface area contributed by atoms with Gasteiger partial charge in [-0.05, 0) is 0 Å². The second kappa shape index (κ2) is 18.6. The Kier molecular flexibility index (Phi) is 42.1. The summed E-state index contributed by atoms with van der Waals surface area (Å²) in [4.78, 5) is 0. The van der Waals surface area contributed by atoms with E-state index in [9.17, 15) is 0 Å². The summed E-state index contributed by atoms with van der Waals surface area (Å²) in [6.07, 6.45) is 0. The zero-order valence-electron chi connectivity index (χ0n) is 7.06. The van der Waals surface area contributed by atoms with E-state index in [0.29, 0.717) is 0 Å². The molecule has 0 amide bonds. The van der Waals surface area contributed by atoms with Crippen LogP contribution in [0.3, 0.4) is 0 Å². The Labute approximate surface area is 176 Å². The Balaban J connectivity index is -0.0000000206. The Morgan fingerprint density at radius 2 is 0.421 bits per heavy atom. The molecule has 0 bridgehead atoms. The van der Waals surface area contributed by atoms with Gasteiger partial charge in [-0.15, -0.1) is 0 Å². The molecule has 13 nitrogen and oxygen atoms in total. The predicted molar refractivity (Wildman–Crippen MR) is 69.0 cm³/mol. The maximum atomic E-state index is 8.74. The van der Waals surface area contributed by atoms with Crippen LogP contribution < -0.4 is 6.15 Å². The first-order valence-electron chi connectivity index (χ1n) is 2.10. The SMILES string of the molecule is N.O=S(=O)(O)O.O=S(=O)(O)O.O=S(=O)(O)O.[NaH].[NaH].[NaH]. The minimum atomic E-state index is -4.67. The predicted octanol–water partition coefficient (Wildman–Crippen LogP) is -3.74. The van der Waals surface area contributed by atoms with Crippen molar-refractivity contribution < 1.29 is 52.6 Å². The molecule has 0 aromatic carbocycles. The molecule has 0 aliphatic rings. The molecule has 0 unspecified atom stereocenters. The van der Waals surface area contributed by atoms with Crippen molar-refractivity contribution in [1.29, 1.82) is 0 Å². The van der Waals surface area contributed by atoms with Crippen LogP contribution in [0.15, 0.2) is 0 Å². The summed E-state index contributed by atoms with van der Waals surface area (Å²) < 4.78 is 94.8. The first-order valence-corrected chi connectivity index (χ1v) is 6.29. The molecule has 19 heavy (non-hydrogen) atoms. The number of hydrogen-bond donors (Lipinski definition) is 7. The van der Waals surface area contributed by atoms with Gasteiger partial charge in [-0.1, -0.05) is 0 Å². The van der Waals surface area contributed by atoms with Gasteiger partial charge < -0.3 is 6.15 Å². The summed E-state index contributed by atoms with van der Waals surface area (Å²) in [5.74, 6) is 0. The van der Waals surface area contributed by atoms with Crippen molar-refractivity contribution in [2.24, 2.45) is 0 Å². The van der Waals surface area contributed by atoms with Crippen molar-refractivity contribution in [3.63, 3.8) is 0 Å². The second-order valence-electron chi connectivity index (χ2n) is 1.34. The molecule has 0 rings (SSSR count). The van der Waals surface area contributed by atoms with Gasteiger partial charge in [0.25, 0.3) is 0 Å². The van der Waals surface area contributed by atoms with Crippen molar-refractivity contribution in [3.05, 3.63) is 0 Å². The molecule has 9 N–H and O–H groups in total. The van der Waals surface area contributed by atoms with E-state index in [1.807, 2.05) is 0 Å². The van der Waals surface area contributed by atoms with Crippen LogP contribution in [0.1, 0.15) is 0 Å². The van der Waals surface area contributed by atoms with Gasteiger partial charge in [0, 0.05) is 0 Å². The molecule has 110 valence electrons. The molecule has 0 aliphatic carbocycles. The van der Waals surface area contributed by atoms with Crippen LogP contribution in [0.4, 0.5) is 0 Å². The molecule has 0 spiro atoms. The van der Waals surface area contributed by atoms with Crippen LogP contribution in [-0.4, -0.2) is 141 Å². The third-order valence-electron chi connectivity index (χ3n) is 0. The Morgan fingerprint density at radius 3 is 0.421 bits per heavy atom. The number of hydrogen-bond acceptors (Lipinski definition) is 7. The fourth-order valence-corrected chi connectivity index (χ4v) is 0. The van der Waals surface area contributed by atoms with Crippen LogP contribution in [0, 0.1) is 0 Å². The average Bonchev–Trinajstić information content (AvgIpc) is 1.41. The third-order valence-corrected chi connectivity index (χ3v) is 0. The summed E-state index contributed by atoms with van der Waals surface area (Å²) >= 11 is 0. The van der Waals surface area contributed by atoms with Crippen LogP contribution in [0.5, 0.6) is 0 Å². The Morgan fingerprint density at radius 1 is 0.421 bits per heavy atom. The van der Waals surface area contributed by atoms with E-state index in [2.05, 4.69) is 0 Å². The van der Waals surface area contributed by atoms with E-state index >= 15 is 0 Å². The van der Waals surface area contributed by atoms with Crippen LogP contribution in [0.2, 0.25) is 0 Å². The van der Waals surface area contributed by atoms with Crippen molar-refractivity contribution >= 4 is 120 Å². The van der Waals surface area contributed by atoms with E-state index in [-0.39, 0.29) is 94.8 Å². The van der Waals surface area contributed by atoms with Gasteiger partial charge in [0.15, 0.2) is 0 Å². The van der Waals surface area contributed by atoms with E-state index < -0.39 is 31.2 Å². The zero-order valence-corrected chi connectivity index (χ0v) is 9.51. The van der Waals surface area contributed by atoms with Crippen LogP contribution in [-0.2, 0) is 31.2 Å². The maximum absolute atomic E-state index is 8.74. The Hall–Kier alpha value is 2.57. The molecule has 0 aromatic rings. The van der Waals surface area contributed by atoms with Gasteiger partial charge >= 0.3 is 120 Å². The molecule has 0 saturated carbocycles. The van der Waals surface area contributed by atoms with Gasteiger partial charge in [0.05, 0.1) is 0 Å². The topological polar surface area (TPSA) is 259 Å². The fourth-order valence-electron chi connectivity index (χ4n) is 0. The molecule has 0 heterocycles. The Bertz CT molecular complexity index is 349. The summed E-state index contributed by atoms with van der Waals surface area (Å²) in [7, 11) is -14.0. The van der Waals surface area contributed by atoms with Gasteiger partial charge in [0.2, 0.25) is 0 Å². The standard InChI is InChI=1S/H3N.3Na.3H2O4S.3H/c;;;;3*1-5(2,3)4;;;/h1H3;;;;3*(H2,1,2,3,4);;;. The quantitative estimate of drug-likeness (QED) is 0.157. The monoisotopic (exact) mass is 383 g/mol. The molecule has 0 aliphatic heterocycles. The van der Waals surface area contributed by atoms with E-state index in [4.69, 9.17) is 52.6 Å². The first-order chi connectivity index (χ1) is 6.00. The van der Waals surface area contributed by atoms with Crippen molar-refractivity contribution in [1.82, 2.24) is 6.15 Å². The van der Waals surface area contributed by atoms with Gasteiger partial charge in [-0.2, -0.15) is 25.3 Å². The third kappa shape index (κ3) is 1070. The molecule has 0 fully saturated rings. The summed E-state index contributed by atoms with van der Waals surface area (Å²) in [6.45, 7) is 0. The van der Waals surface area contributed by atoms with Crippen LogP contribution in [0.25, 0.3) is 0 Å². The summed E-state index contributed by atoms with van der Waals surface area (Å²) in [6, 6.07) is 0. The van der Waals surface area contributed by atoms with Gasteiger partial charge in [0.1, 0.15) is 0 Å². The van der Waals surface area contributed by atoms with Crippen molar-refractivity contribution in [2.75, 3.05) is 0 Å². The molecule has 0 radical (unpaired) electrons. The second-order valence-corrected chi connectivity index (χ2v) is 4.03. The number of rotatable bonds is 0. The summed E-state index contributed by atoms with van der Waals surface area (Å²) in [5.41, 5.74) is 0. The molecular formula is H12NNa3O12S3. The van der Waals surface area contributed by atoms with E-state index in [1.165, 1.54) is 0 Å². The minimum absolute atomic E-state index is 0. The first kappa shape index (κ1) is 43.0. The molecular weight excluding hydrogens is 371 g/mol. The van der Waals surface area contributed by atoms with Crippen LogP contribution >= 0.6 is 0 Å². The molecule has 0 aromatic heterocycles. The zero-order chi connectivity index (χ0) is 13.5. The van der Waals surface area contributed by atoms with Crippen molar-refractivity contribution in [3.8, 4) is 0 Å². The average molecular weight is 383 g/mol. The molecule has 0 atom stereocenters. The van der Waals surface area contributed by atoms with Crippen molar-refractivity contribution in [2.45, 2.75) is 0 Å².